The molecule has 2 aliphatic heterocycles. The molecule has 2 atom stereocenters. The third kappa shape index (κ3) is 9.40. The van der Waals surface area contributed by atoms with E-state index in [4.69, 9.17) is 23.7 Å². The highest BCUT2D eigenvalue weighted by Crippen LogP contribution is 2.40. The fourth-order valence-electron chi connectivity index (χ4n) is 5.68. The summed E-state index contributed by atoms with van der Waals surface area (Å²) in [5, 5.41) is 14.7. The lowest BCUT2D eigenvalue weighted by atomic mass is 9.79. The molecule has 1 saturated heterocycles. The van der Waals surface area contributed by atoms with Crippen LogP contribution >= 0.6 is 0 Å². The average molecular weight is 637 g/mol. The van der Waals surface area contributed by atoms with Crippen LogP contribution in [0.25, 0.3) is 0 Å². The number of benzene rings is 2. The maximum absolute atomic E-state index is 13.5. The van der Waals surface area contributed by atoms with Crippen LogP contribution in [-0.2, 0) is 35.0 Å². The molecule has 0 aromatic heterocycles. The Morgan fingerprint density at radius 2 is 1.80 bits per heavy atom. The summed E-state index contributed by atoms with van der Waals surface area (Å²) in [6.45, 7) is 5.51. The van der Waals surface area contributed by atoms with E-state index in [2.05, 4.69) is 17.4 Å². The van der Waals surface area contributed by atoms with E-state index >= 15 is 0 Å². The summed E-state index contributed by atoms with van der Waals surface area (Å²) >= 11 is 0. The topological polar surface area (TPSA) is 135 Å². The highest BCUT2D eigenvalue weighted by Gasteiger charge is 2.39. The molecule has 248 valence electrons. The summed E-state index contributed by atoms with van der Waals surface area (Å²) in [5.74, 6) is -1.42. The van der Waals surface area contributed by atoms with Crippen molar-refractivity contribution in [3.63, 3.8) is 0 Å². The Labute approximate surface area is 270 Å². The SMILES string of the molecule is CCC1=C(C(=O)OCCCOc2ccc(CCCCOC3CCCCO3)cc2)C(c2cccc([N+](=O)[O-])c2)C(C(=O)OC)=C(C)N1. The van der Waals surface area contributed by atoms with Crippen molar-refractivity contribution in [1.82, 2.24) is 5.32 Å². The molecular weight excluding hydrogens is 592 g/mol. The molecule has 2 heterocycles. The summed E-state index contributed by atoms with van der Waals surface area (Å²) in [6.07, 6.45) is 7.10. The minimum Gasteiger partial charge on any atom is -0.493 e. The van der Waals surface area contributed by atoms with Crippen LogP contribution < -0.4 is 10.1 Å². The first-order chi connectivity index (χ1) is 22.3. The van der Waals surface area contributed by atoms with Gasteiger partial charge in [0.1, 0.15) is 5.75 Å². The van der Waals surface area contributed by atoms with Crippen LogP contribution in [0.15, 0.2) is 71.1 Å². The molecule has 2 aromatic rings. The van der Waals surface area contributed by atoms with Crippen LogP contribution in [0.4, 0.5) is 5.69 Å². The van der Waals surface area contributed by atoms with Crippen molar-refractivity contribution < 1.29 is 38.2 Å². The Kier molecular flexibility index (Phi) is 13.2. The number of carbonyl (C=O) groups excluding carboxylic acids is 2. The second-order valence-corrected chi connectivity index (χ2v) is 11.3. The van der Waals surface area contributed by atoms with E-state index < -0.39 is 22.8 Å². The monoisotopic (exact) mass is 636 g/mol. The molecule has 0 radical (unpaired) electrons. The molecule has 11 nitrogen and oxygen atoms in total. The Morgan fingerprint density at radius 3 is 2.50 bits per heavy atom. The number of nitro groups is 1. The molecule has 2 aliphatic rings. The number of non-ortho nitro benzene ring substituents is 1. The van der Waals surface area contributed by atoms with Gasteiger partial charge in [-0.25, -0.2) is 9.59 Å². The minimum atomic E-state index is -0.899. The Morgan fingerprint density at radius 1 is 1.00 bits per heavy atom. The van der Waals surface area contributed by atoms with E-state index in [9.17, 15) is 19.7 Å². The van der Waals surface area contributed by atoms with E-state index in [-0.39, 0.29) is 29.7 Å². The zero-order valence-corrected chi connectivity index (χ0v) is 26.9. The largest absolute Gasteiger partial charge is 0.493 e. The number of dihydropyridines is 1. The second-order valence-electron chi connectivity index (χ2n) is 11.3. The second kappa shape index (κ2) is 17.5. The van der Waals surface area contributed by atoms with Crippen LogP contribution in [0, 0.1) is 10.1 Å². The smallest absolute Gasteiger partial charge is 0.336 e. The summed E-state index contributed by atoms with van der Waals surface area (Å²) in [4.78, 5) is 37.4. The molecule has 0 aliphatic carbocycles. The Hall–Kier alpha value is -4.22. The standard InChI is InChI=1S/C35H44N2O9/c1-4-29-33(32(31(24(2)36-29)34(38)42-3)26-12-9-13-27(23-26)37(40)41)35(39)46-22-10-21-43-28-17-15-25(16-18-28)11-5-7-19-44-30-14-6-8-20-45-30/h9,12-13,15-18,23,30,32,36H,4-8,10-11,14,19-22H2,1-3H3. The van der Waals surface area contributed by atoms with E-state index in [0.29, 0.717) is 43.0 Å². The average Bonchev–Trinajstić information content (AvgIpc) is 3.08. The molecule has 4 rings (SSSR count). The van der Waals surface area contributed by atoms with E-state index in [1.54, 1.807) is 13.0 Å². The van der Waals surface area contributed by atoms with Crippen molar-refractivity contribution in [3.05, 3.63) is 92.3 Å². The van der Waals surface area contributed by atoms with Gasteiger partial charge in [0.15, 0.2) is 6.29 Å². The first-order valence-corrected chi connectivity index (χ1v) is 16.0. The highest BCUT2D eigenvalue weighted by molar-refractivity contribution is 6.00. The van der Waals surface area contributed by atoms with Crippen LogP contribution in [0.3, 0.4) is 0 Å². The number of hydrogen-bond acceptors (Lipinski definition) is 10. The first-order valence-electron chi connectivity index (χ1n) is 16.0. The van der Waals surface area contributed by atoms with Crippen molar-refractivity contribution >= 4 is 17.6 Å². The number of esters is 2. The minimum absolute atomic E-state index is 0.0397. The van der Waals surface area contributed by atoms with Gasteiger partial charge in [-0.3, -0.25) is 10.1 Å². The number of methoxy groups -OCH3 is 1. The molecular formula is C35H44N2O9. The lowest BCUT2D eigenvalue weighted by Gasteiger charge is -2.31. The Balaban J connectivity index is 1.28. The van der Waals surface area contributed by atoms with Crippen LogP contribution in [0.2, 0.25) is 0 Å². The zero-order chi connectivity index (χ0) is 32.9. The summed E-state index contributed by atoms with van der Waals surface area (Å²) < 4.78 is 27.9. The number of carbonyl (C=O) groups is 2. The molecule has 0 saturated carbocycles. The molecule has 1 N–H and O–H groups in total. The molecule has 11 heteroatoms. The van der Waals surface area contributed by atoms with Crippen molar-refractivity contribution in [1.29, 1.82) is 0 Å². The van der Waals surface area contributed by atoms with Gasteiger partial charge in [0.25, 0.3) is 5.69 Å². The van der Waals surface area contributed by atoms with Gasteiger partial charge in [-0.15, -0.1) is 0 Å². The van der Waals surface area contributed by atoms with Gasteiger partial charge in [-0.1, -0.05) is 31.2 Å². The summed E-state index contributed by atoms with van der Waals surface area (Å²) in [6, 6.07) is 13.9. The number of nitrogens with zero attached hydrogens (tertiary/aromatic N) is 1. The fourth-order valence-corrected chi connectivity index (χ4v) is 5.68. The zero-order valence-electron chi connectivity index (χ0n) is 26.9. The number of aryl methyl sites for hydroxylation is 1. The summed E-state index contributed by atoms with van der Waals surface area (Å²) in [7, 11) is 1.25. The van der Waals surface area contributed by atoms with Crippen molar-refractivity contribution in [2.75, 3.05) is 33.5 Å². The van der Waals surface area contributed by atoms with Crippen molar-refractivity contribution in [2.24, 2.45) is 0 Å². The van der Waals surface area contributed by atoms with Crippen molar-refractivity contribution in [3.8, 4) is 5.75 Å². The van der Waals surface area contributed by atoms with E-state index in [1.165, 1.54) is 37.3 Å². The summed E-state index contributed by atoms with van der Waals surface area (Å²) in [5.41, 5.74) is 3.00. The highest BCUT2D eigenvalue weighted by atomic mass is 16.7. The fraction of sp³-hybridized carbons (Fsp3) is 0.486. The third-order valence-electron chi connectivity index (χ3n) is 8.05. The lowest BCUT2D eigenvalue weighted by Crippen LogP contribution is -2.33. The lowest BCUT2D eigenvalue weighted by molar-refractivity contribution is -0.384. The maximum atomic E-state index is 13.5. The molecule has 2 unspecified atom stereocenters. The van der Waals surface area contributed by atoms with E-state index in [1.807, 2.05) is 19.1 Å². The number of hydrogen-bond donors (Lipinski definition) is 1. The van der Waals surface area contributed by atoms with Gasteiger partial charge in [-0.05, 0) is 75.1 Å². The normalized spacial score (nSPS) is 18.2. The van der Waals surface area contributed by atoms with Gasteiger partial charge in [0.05, 0.1) is 42.3 Å². The van der Waals surface area contributed by atoms with Crippen LogP contribution in [-0.4, -0.2) is 56.7 Å². The number of nitro benzene ring substituents is 1. The molecule has 46 heavy (non-hydrogen) atoms. The predicted octanol–water partition coefficient (Wildman–Crippen LogP) is 6.27. The molecule has 0 amide bonds. The first kappa shape index (κ1) is 34.6. The number of allylic oxidation sites excluding steroid dienone is 2. The molecule has 1 fully saturated rings. The van der Waals surface area contributed by atoms with Gasteiger partial charge in [0, 0.05) is 43.2 Å². The number of nitrogens with one attached hydrogen (secondary N) is 1. The maximum Gasteiger partial charge on any atom is 0.336 e. The Bertz CT molecular complexity index is 1410. The van der Waals surface area contributed by atoms with E-state index in [0.717, 1.165) is 44.5 Å². The molecule has 0 bridgehead atoms. The predicted molar refractivity (Wildman–Crippen MR) is 171 cm³/mol. The quantitative estimate of drug-likeness (QED) is 0.0972. The number of rotatable bonds is 16. The van der Waals surface area contributed by atoms with Gasteiger partial charge in [-0.2, -0.15) is 0 Å². The van der Waals surface area contributed by atoms with Crippen LogP contribution in [0.1, 0.15) is 75.8 Å². The van der Waals surface area contributed by atoms with Gasteiger partial charge in [0.2, 0.25) is 0 Å². The van der Waals surface area contributed by atoms with Crippen LogP contribution in [0.5, 0.6) is 5.75 Å². The molecule has 2 aromatic carbocycles. The van der Waals surface area contributed by atoms with Crippen molar-refractivity contribution in [2.45, 2.75) is 77.4 Å². The third-order valence-corrected chi connectivity index (χ3v) is 8.05. The number of unbranched alkanes of at least 4 members (excludes halogenated alkanes) is 1. The number of ether oxygens (including phenoxy) is 5. The van der Waals surface area contributed by atoms with Gasteiger partial charge >= 0.3 is 11.9 Å². The van der Waals surface area contributed by atoms with Gasteiger partial charge < -0.3 is 29.0 Å². The molecule has 0 spiro atoms.